The van der Waals surface area contributed by atoms with E-state index in [1.807, 2.05) is 24.3 Å². The highest BCUT2D eigenvalue weighted by Gasteiger charge is 2.14. The maximum Gasteiger partial charge on any atom is 0.191 e. The molecule has 1 atom stereocenters. The molecular weight excluding hydrogens is 252 g/mol. The predicted molar refractivity (Wildman–Crippen MR) is 81.0 cm³/mol. The zero-order chi connectivity index (χ0) is 13.9. The first-order valence-electron chi connectivity index (χ1n) is 7.39. The van der Waals surface area contributed by atoms with Crippen molar-refractivity contribution in [2.75, 3.05) is 25.4 Å². The van der Waals surface area contributed by atoms with Crippen molar-refractivity contribution in [3.8, 4) is 5.75 Å². The van der Waals surface area contributed by atoms with E-state index < -0.39 is 0 Å². The molecule has 2 N–H and O–H groups in total. The van der Waals surface area contributed by atoms with Crippen LogP contribution in [0.3, 0.4) is 0 Å². The molecule has 0 saturated carbocycles. The lowest BCUT2D eigenvalue weighted by atomic mass is 10.1. The van der Waals surface area contributed by atoms with E-state index >= 15 is 0 Å². The Morgan fingerprint density at radius 3 is 2.85 bits per heavy atom. The number of piperidine rings is 1. The molecule has 1 aliphatic rings. The summed E-state index contributed by atoms with van der Waals surface area (Å²) in [6.45, 7) is 5.50. The predicted octanol–water partition coefficient (Wildman–Crippen LogP) is 3.27. The molecule has 108 valence electrons. The Hall–Kier alpha value is -1.68. The lowest BCUT2D eigenvalue weighted by molar-refractivity contribution is 0.130. The van der Waals surface area contributed by atoms with Crippen molar-refractivity contribution in [2.24, 2.45) is 0 Å². The van der Waals surface area contributed by atoms with E-state index in [2.05, 4.69) is 11.8 Å². The molecule has 2 aromatic rings. The summed E-state index contributed by atoms with van der Waals surface area (Å²) in [6.07, 6.45) is 4.16. The summed E-state index contributed by atoms with van der Waals surface area (Å²) < 4.78 is 11.4. The van der Waals surface area contributed by atoms with E-state index in [-0.39, 0.29) is 6.10 Å². The van der Waals surface area contributed by atoms with Gasteiger partial charge in [0.1, 0.15) is 17.4 Å². The number of rotatable bonds is 4. The molecule has 1 aromatic carbocycles. The zero-order valence-corrected chi connectivity index (χ0v) is 12.0. The van der Waals surface area contributed by atoms with E-state index in [1.54, 1.807) is 0 Å². The summed E-state index contributed by atoms with van der Waals surface area (Å²) in [5.74, 6) is 1.29. The van der Waals surface area contributed by atoms with Crippen LogP contribution in [0.4, 0.5) is 5.88 Å². The van der Waals surface area contributed by atoms with Crippen molar-refractivity contribution in [3.05, 3.63) is 24.3 Å². The third kappa shape index (κ3) is 3.07. The Balaban J connectivity index is 1.62. The summed E-state index contributed by atoms with van der Waals surface area (Å²) in [5, 5.41) is 1.01. The number of hydrogen-bond acceptors (Lipinski definition) is 4. The van der Waals surface area contributed by atoms with Crippen LogP contribution in [0.25, 0.3) is 11.0 Å². The molecular formula is C16H22N2O2. The molecule has 0 spiro atoms. The Kier molecular flexibility index (Phi) is 3.83. The Morgan fingerprint density at radius 2 is 2.05 bits per heavy atom. The minimum absolute atomic E-state index is 0.179. The Morgan fingerprint density at radius 1 is 1.25 bits per heavy atom. The first-order chi connectivity index (χ1) is 9.70. The SMILES string of the molecule is CC(CN1CCCCC1)Oc1ccc2cc(N)oc2c1. The van der Waals surface area contributed by atoms with Crippen LogP contribution in [0.15, 0.2) is 28.7 Å². The van der Waals surface area contributed by atoms with Crippen LogP contribution < -0.4 is 10.5 Å². The van der Waals surface area contributed by atoms with Gasteiger partial charge in [0.15, 0.2) is 5.88 Å². The minimum Gasteiger partial charge on any atom is -0.489 e. The average molecular weight is 274 g/mol. The van der Waals surface area contributed by atoms with Crippen molar-refractivity contribution in [3.63, 3.8) is 0 Å². The molecule has 1 aromatic heterocycles. The fourth-order valence-electron chi connectivity index (χ4n) is 2.88. The lowest BCUT2D eigenvalue weighted by Crippen LogP contribution is -2.37. The number of nitrogens with zero attached hydrogens (tertiary/aromatic N) is 1. The highest BCUT2D eigenvalue weighted by atomic mass is 16.5. The monoisotopic (exact) mass is 274 g/mol. The normalized spacial score (nSPS) is 18.2. The minimum atomic E-state index is 0.179. The Labute approximate surface area is 119 Å². The van der Waals surface area contributed by atoms with E-state index in [0.29, 0.717) is 5.88 Å². The molecule has 0 aliphatic carbocycles. The molecule has 1 saturated heterocycles. The van der Waals surface area contributed by atoms with Crippen LogP contribution in [0.5, 0.6) is 5.75 Å². The molecule has 4 nitrogen and oxygen atoms in total. The van der Waals surface area contributed by atoms with Crippen molar-refractivity contribution < 1.29 is 9.15 Å². The molecule has 0 amide bonds. The second kappa shape index (κ2) is 5.75. The van der Waals surface area contributed by atoms with Crippen molar-refractivity contribution in [2.45, 2.75) is 32.3 Å². The molecule has 20 heavy (non-hydrogen) atoms. The number of furan rings is 1. The summed E-state index contributed by atoms with van der Waals surface area (Å²) >= 11 is 0. The van der Waals surface area contributed by atoms with Crippen LogP contribution in [0.1, 0.15) is 26.2 Å². The topological polar surface area (TPSA) is 51.6 Å². The van der Waals surface area contributed by atoms with Crippen molar-refractivity contribution >= 4 is 16.9 Å². The first kappa shape index (κ1) is 13.3. The molecule has 3 rings (SSSR count). The van der Waals surface area contributed by atoms with Gasteiger partial charge >= 0.3 is 0 Å². The van der Waals surface area contributed by atoms with Gasteiger partial charge in [0.05, 0.1) is 0 Å². The number of nitrogen functional groups attached to an aromatic ring is 1. The molecule has 4 heteroatoms. The number of benzene rings is 1. The standard InChI is InChI=1S/C16H22N2O2/c1-12(11-18-7-3-2-4-8-18)19-14-6-5-13-9-16(17)20-15(13)10-14/h5-6,9-10,12H,2-4,7-8,11,17H2,1H3. The van der Waals surface area contributed by atoms with Gasteiger partial charge in [-0.15, -0.1) is 0 Å². The summed E-state index contributed by atoms with van der Waals surface area (Å²) in [5.41, 5.74) is 6.43. The van der Waals surface area contributed by atoms with Crippen LogP contribution >= 0.6 is 0 Å². The van der Waals surface area contributed by atoms with Crippen LogP contribution in [0, 0.1) is 0 Å². The van der Waals surface area contributed by atoms with Gasteiger partial charge in [-0.2, -0.15) is 0 Å². The molecule has 0 radical (unpaired) electrons. The van der Waals surface area contributed by atoms with Crippen LogP contribution in [-0.4, -0.2) is 30.6 Å². The number of hydrogen-bond donors (Lipinski definition) is 1. The van der Waals surface area contributed by atoms with Gasteiger partial charge in [-0.3, -0.25) is 4.90 Å². The second-order valence-corrected chi connectivity index (χ2v) is 5.64. The quantitative estimate of drug-likeness (QED) is 0.929. The van der Waals surface area contributed by atoms with Crippen LogP contribution in [0.2, 0.25) is 0 Å². The van der Waals surface area contributed by atoms with Gasteiger partial charge in [0.2, 0.25) is 0 Å². The number of fused-ring (bicyclic) bond motifs is 1. The summed E-state index contributed by atoms with van der Waals surface area (Å²) in [6, 6.07) is 7.71. The van der Waals surface area contributed by atoms with E-state index in [1.165, 1.54) is 32.4 Å². The van der Waals surface area contributed by atoms with Crippen molar-refractivity contribution in [1.29, 1.82) is 0 Å². The molecule has 0 bridgehead atoms. The molecule has 1 unspecified atom stereocenters. The zero-order valence-electron chi connectivity index (χ0n) is 12.0. The number of ether oxygens (including phenoxy) is 1. The fraction of sp³-hybridized carbons (Fsp3) is 0.500. The largest absolute Gasteiger partial charge is 0.489 e. The third-order valence-corrected chi connectivity index (χ3v) is 3.81. The summed E-state index contributed by atoms with van der Waals surface area (Å²) in [7, 11) is 0. The first-order valence-corrected chi connectivity index (χ1v) is 7.39. The Bertz CT molecular complexity index is 573. The smallest absolute Gasteiger partial charge is 0.191 e. The number of likely N-dealkylation sites (tertiary alicyclic amines) is 1. The average Bonchev–Trinajstić information content (AvgIpc) is 2.79. The fourth-order valence-corrected chi connectivity index (χ4v) is 2.88. The summed E-state index contributed by atoms with van der Waals surface area (Å²) in [4.78, 5) is 2.48. The van der Waals surface area contributed by atoms with E-state index in [4.69, 9.17) is 14.9 Å². The van der Waals surface area contributed by atoms with Gasteiger partial charge in [0, 0.05) is 24.1 Å². The second-order valence-electron chi connectivity index (χ2n) is 5.64. The van der Waals surface area contributed by atoms with Gasteiger partial charge < -0.3 is 14.9 Å². The number of anilines is 1. The maximum atomic E-state index is 5.99. The molecule has 2 heterocycles. The van der Waals surface area contributed by atoms with Gasteiger partial charge in [0.25, 0.3) is 0 Å². The lowest BCUT2D eigenvalue weighted by Gasteiger charge is -2.29. The van der Waals surface area contributed by atoms with Gasteiger partial charge in [-0.1, -0.05) is 6.42 Å². The van der Waals surface area contributed by atoms with Crippen molar-refractivity contribution in [1.82, 2.24) is 4.90 Å². The van der Waals surface area contributed by atoms with Gasteiger partial charge in [-0.05, 0) is 45.0 Å². The number of nitrogens with two attached hydrogens (primary N) is 1. The molecule has 1 fully saturated rings. The van der Waals surface area contributed by atoms with E-state index in [0.717, 1.165) is 23.3 Å². The van der Waals surface area contributed by atoms with Crippen LogP contribution in [-0.2, 0) is 0 Å². The highest BCUT2D eigenvalue weighted by molar-refractivity contribution is 5.81. The van der Waals surface area contributed by atoms with E-state index in [9.17, 15) is 0 Å². The highest BCUT2D eigenvalue weighted by Crippen LogP contribution is 2.26. The molecule has 1 aliphatic heterocycles. The third-order valence-electron chi connectivity index (χ3n) is 3.81. The van der Waals surface area contributed by atoms with Gasteiger partial charge in [-0.25, -0.2) is 0 Å². The maximum absolute atomic E-state index is 5.99.